The zero-order chi connectivity index (χ0) is 15.7. The summed E-state index contributed by atoms with van der Waals surface area (Å²) in [4.78, 5) is 0. The third kappa shape index (κ3) is 7.74. The molecule has 2 unspecified atom stereocenters. The Kier molecular flexibility index (Phi) is 8.56. The van der Waals surface area contributed by atoms with E-state index in [1.54, 1.807) is 0 Å². The van der Waals surface area contributed by atoms with E-state index in [9.17, 15) is 0 Å². The topological polar surface area (TPSA) is 38.0 Å². The third-order valence-corrected chi connectivity index (χ3v) is 3.47. The molecule has 2 nitrogen and oxygen atoms in total. The number of nitrogens with two attached hydrogens (primary N) is 1. The summed E-state index contributed by atoms with van der Waals surface area (Å²) in [6.07, 6.45) is 3.71. The van der Waals surface area contributed by atoms with Crippen LogP contribution in [0.25, 0.3) is 0 Å². The van der Waals surface area contributed by atoms with Crippen LogP contribution in [-0.2, 0) is 0 Å². The lowest BCUT2D eigenvalue weighted by molar-refractivity contribution is 0.458. The SMILES string of the molecule is C=C=C(N)C(C)CC=C=C(C)CC(=C)NC(C)C(C)C. The maximum atomic E-state index is 5.76. The van der Waals surface area contributed by atoms with Gasteiger partial charge < -0.3 is 11.1 Å². The van der Waals surface area contributed by atoms with Crippen molar-refractivity contribution >= 4 is 0 Å². The second-order valence-corrected chi connectivity index (χ2v) is 5.86. The molecule has 0 aliphatic heterocycles. The van der Waals surface area contributed by atoms with E-state index in [0.29, 0.717) is 17.7 Å². The molecule has 0 aromatic heterocycles. The van der Waals surface area contributed by atoms with Gasteiger partial charge in [-0.05, 0) is 37.8 Å². The first-order valence-corrected chi connectivity index (χ1v) is 7.28. The Labute approximate surface area is 124 Å². The van der Waals surface area contributed by atoms with Gasteiger partial charge in [-0.25, -0.2) is 0 Å². The van der Waals surface area contributed by atoms with Crippen molar-refractivity contribution in [3.05, 3.63) is 47.7 Å². The minimum atomic E-state index is 0.259. The summed E-state index contributed by atoms with van der Waals surface area (Å²) in [6, 6.07) is 0.442. The lowest BCUT2D eigenvalue weighted by atomic mass is 10.0. The van der Waals surface area contributed by atoms with Gasteiger partial charge in [-0.1, -0.05) is 33.9 Å². The number of rotatable bonds is 8. The average Bonchev–Trinajstić information content (AvgIpc) is 2.36. The molecule has 112 valence electrons. The quantitative estimate of drug-likeness (QED) is 0.648. The first-order valence-electron chi connectivity index (χ1n) is 7.28. The molecule has 3 N–H and O–H groups in total. The van der Waals surface area contributed by atoms with Crippen LogP contribution in [0.4, 0.5) is 0 Å². The molecule has 0 aromatic rings. The second-order valence-electron chi connectivity index (χ2n) is 5.86. The summed E-state index contributed by atoms with van der Waals surface area (Å²) in [5.41, 5.74) is 14.7. The fraction of sp³-hybridized carbons (Fsp3) is 0.556. The third-order valence-electron chi connectivity index (χ3n) is 3.47. The van der Waals surface area contributed by atoms with Crippen molar-refractivity contribution in [3.63, 3.8) is 0 Å². The van der Waals surface area contributed by atoms with Crippen molar-refractivity contribution in [2.24, 2.45) is 17.6 Å². The van der Waals surface area contributed by atoms with Gasteiger partial charge in [-0.3, -0.25) is 0 Å². The van der Waals surface area contributed by atoms with E-state index in [2.05, 4.69) is 64.6 Å². The Balaban J connectivity index is 4.38. The van der Waals surface area contributed by atoms with Crippen molar-refractivity contribution in [2.45, 2.75) is 53.5 Å². The van der Waals surface area contributed by atoms with Crippen molar-refractivity contribution in [2.75, 3.05) is 0 Å². The molecule has 0 bridgehead atoms. The summed E-state index contributed by atoms with van der Waals surface area (Å²) in [5, 5.41) is 3.43. The van der Waals surface area contributed by atoms with Crippen LogP contribution in [0, 0.1) is 11.8 Å². The van der Waals surface area contributed by atoms with Gasteiger partial charge in [-0.15, -0.1) is 11.5 Å². The molecule has 0 fully saturated rings. The van der Waals surface area contributed by atoms with Gasteiger partial charge in [0.1, 0.15) is 0 Å². The van der Waals surface area contributed by atoms with Gasteiger partial charge in [-0.2, -0.15) is 0 Å². The van der Waals surface area contributed by atoms with Crippen molar-refractivity contribution in [1.29, 1.82) is 0 Å². The molecule has 0 aliphatic rings. The van der Waals surface area contributed by atoms with E-state index in [1.807, 2.05) is 6.08 Å². The Bertz CT molecular complexity index is 430. The fourth-order valence-corrected chi connectivity index (χ4v) is 1.62. The molecule has 0 heterocycles. The fourth-order valence-electron chi connectivity index (χ4n) is 1.62. The number of nitrogens with one attached hydrogen (secondary N) is 1. The second kappa shape index (κ2) is 9.31. The van der Waals surface area contributed by atoms with E-state index >= 15 is 0 Å². The predicted molar refractivity (Wildman–Crippen MR) is 89.1 cm³/mol. The lowest BCUT2D eigenvalue weighted by Gasteiger charge is -2.20. The van der Waals surface area contributed by atoms with Gasteiger partial charge in [0.25, 0.3) is 0 Å². The smallest absolute Gasteiger partial charge is 0.0537 e. The highest BCUT2D eigenvalue weighted by Crippen LogP contribution is 2.11. The molecule has 0 aliphatic carbocycles. The number of hydrogen-bond donors (Lipinski definition) is 2. The Morgan fingerprint density at radius 3 is 2.40 bits per heavy atom. The Morgan fingerprint density at radius 2 is 1.90 bits per heavy atom. The first-order chi connectivity index (χ1) is 9.27. The summed E-state index contributed by atoms with van der Waals surface area (Å²) in [5.74, 6) is 0.858. The molecule has 0 radical (unpaired) electrons. The highest BCUT2D eigenvalue weighted by Gasteiger charge is 2.07. The summed E-state index contributed by atoms with van der Waals surface area (Å²) in [7, 11) is 0. The minimum Gasteiger partial charge on any atom is -0.396 e. The lowest BCUT2D eigenvalue weighted by Crippen LogP contribution is -2.29. The van der Waals surface area contributed by atoms with Crippen LogP contribution in [0.5, 0.6) is 0 Å². The Hall–Kier alpha value is -1.62. The van der Waals surface area contributed by atoms with E-state index in [1.165, 1.54) is 5.57 Å². The van der Waals surface area contributed by atoms with Crippen LogP contribution in [0.2, 0.25) is 0 Å². The summed E-state index contributed by atoms with van der Waals surface area (Å²) in [6.45, 7) is 18.3. The van der Waals surface area contributed by atoms with Crippen LogP contribution in [0.3, 0.4) is 0 Å². The Morgan fingerprint density at radius 1 is 1.30 bits per heavy atom. The normalized spacial score (nSPS) is 12.9. The molecule has 2 atom stereocenters. The molecule has 0 saturated heterocycles. The van der Waals surface area contributed by atoms with E-state index in [-0.39, 0.29) is 5.92 Å². The first kappa shape index (κ1) is 18.4. The molecule has 0 saturated carbocycles. The van der Waals surface area contributed by atoms with Crippen LogP contribution >= 0.6 is 0 Å². The maximum absolute atomic E-state index is 5.76. The molecule has 0 aromatic carbocycles. The highest BCUT2D eigenvalue weighted by molar-refractivity contribution is 5.10. The molecular weight excluding hydrogens is 244 g/mol. The van der Waals surface area contributed by atoms with E-state index < -0.39 is 0 Å². The molecular formula is C18H30N2. The molecule has 0 rings (SSSR count). The van der Waals surface area contributed by atoms with Crippen LogP contribution in [-0.4, -0.2) is 6.04 Å². The monoisotopic (exact) mass is 274 g/mol. The van der Waals surface area contributed by atoms with Crippen LogP contribution in [0.15, 0.2) is 47.7 Å². The molecule has 0 amide bonds. The zero-order valence-electron chi connectivity index (χ0n) is 13.7. The number of hydrogen-bond acceptors (Lipinski definition) is 2. The van der Waals surface area contributed by atoms with Gasteiger partial charge in [0.15, 0.2) is 0 Å². The molecule has 0 spiro atoms. The van der Waals surface area contributed by atoms with Gasteiger partial charge >= 0.3 is 0 Å². The van der Waals surface area contributed by atoms with Crippen LogP contribution < -0.4 is 11.1 Å². The minimum absolute atomic E-state index is 0.259. The van der Waals surface area contributed by atoms with Gasteiger partial charge in [0.05, 0.1) is 5.70 Å². The highest BCUT2D eigenvalue weighted by atomic mass is 14.9. The molecule has 2 heteroatoms. The van der Waals surface area contributed by atoms with E-state index in [4.69, 9.17) is 5.73 Å². The van der Waals surface area contributed by atoms with Crippen LogP contribution in [0.1, 0.15) is 47.5 Å². The van der Waals surface area contributed by atoms with Crippen molar-refractivity contribution < 1.29 is 0 Å². The van der Waals surface area contributed by atoms with Crippen molar-refractivity contribution in [3.8, 4) is 0 Å². The summed E-state index contributed by atoms with van der Waals surface area (Å²) >= 11 is 0. The molecule has 20 heavy (non-hydrogen) atoms. The standard InChI is InChI=1S/C18H30N2/c1-8-18(19)15(5)11-9-10-14(4)12-16(6)20-17(7)13(2)3/h9,13,15,17,20H,1,6,11-12,19H2,2-5,7H3. The average molecular weight is 274 g/mol. The van der Waals surface area contributed by atoms with Gasteiger partial charge in [0.2, 0.25) is 0 Å². The zero-order valence-corrected chi connectivity index (χ0v) is 13.7. The maximum Gasteiger partial charge on any atom is 0.0537 e. The van der Waals surface area contributed by atoms with Crippen molar-refractivity contribution in [1.82, 2.24) is 5.32 Å². The predicted octanol–water partition coefficient (Wildman–Crippen LogP) is 4.28. The largest absolute Gasteiger partial charge is 0.396 e. The van der Waals surface area contributed by atoms with E-state index in [0.717, 1.165) is 18.5 Å². The van der Waals surface area contributed by atoms with Gasteiger partial charge in [0, 0.05) is 24.1 Å². The number of allylic oxidation sites excluding steroid dienone is 2. The summed E-state index contributed by atoms with van der Waals surface area (Å²) < 4.78 is 0.